The molecule has 2 unspecified atom stereocenters. The fourth-order valence-corrected chi connectivity index (χ4v) is 5.74. The van der Waals surface area contributed by atoms with Crippen LogP contribution in [-0.2, 0) is 19.6 Å². The smallest absolute Gasteiger partial charge is 0.243 e. The number of sulfonamides is 1. The molecule has 1 N–H and O–H groups in total. The zero-order valence-corrected chi connectivity index (χ0v) is 19.3. The normalized spacial score (nSPS) is 22.3. The SMILES string of the molecule is CC(CCC1CCCO1)NC(=O)C1CCN(S(=O)(=O)c2ccc(C(C)C)cc2)CC1. The first-order valence-electron chi connectivity index (χ1n) is 11.3. The maximum absolute atomic E-state index is 12.9. The van der Waals surface area contributed by atoms with Crippen molar-refractivity contribution in [3.05, 3.63) is 29.8 Å². The van der Waals surface area contributed by atoms with Gasteiger partial charge in [-0.1, -0.05) is 26.0 Å². The number of nitrogens with zero attached hydrogens (tertiary/aromatic N) is 1. The van der Waals surface area contributed by atoms with Crippen LogP contribution in [0.1, 0.15) is 70.8 Å². The Labute approximate surface area is 181 Å². The highest BCUT2D eigenvalue weighted by atomic mass is 32.2. The number of amides is 1. The minimum absolute atomic E-state index is 0.0492. The van der Waals surface area contributed by atoms with Crippen molar-refractivity contribution in [1.29, 1.82) is 0 Å². The molecule has 1 aromatic rings. The van der Waals surface area contributed by atoms with E-state index in [0.29, 0.717) is 42.8 Å². The fourth-order valence-electron chi connectivity index (χ4n) is 4.27. The first-order valence-corrected chi connectivity index (χ1v) is 12.7. The number of ether oxygens (including phenoxy) is 1. The third-order valence-electron chi connectivity index (χ3n) is 6.34. The molecule has 2 fully saturated rings. The van der Waals surface area contributed by atoms with Crippen molar-refractivity contribution in [2.45, 2.75) is 82.3 Å². The van der Waals surface area contributed by atoms with E-state index >= 15 is 0 Å². The Bertz CT molecular complexity index is 793. The Morgan fingerprint density at radius 2 is 1.80 bits per heavy atom. The second-order valence-corrected chi connectivity index (χ2v) is 11.0. The highest BCUT2D eigenvalue weighted by Crippen LogP contribution is 2.26. The Morgan fingerprint density at radius 3 is 2.37 bits per heavy atom. The van der Waals surface area contributed by atoms with Crippen LogP contribution in [0.4, 0.5) is 0 Å². The number of carbonyl (C=O) groups is 1. The van der Waals surface area contributed by atoms with Crippen LogP contribution in [0.5, 0.6) is 0 Å². The lowest BCUT2D eigenvalue weighted by Crippen LogP contribution is -2.44. The minimum atomic E-state index is -3.51. The molecule has 2 heterocycles. The van der Waals surface area contributed by atoms with Crippen LogP contribution in [0.2, 0.25) is 0 Å². The average Bonchev–Trinajstić information content (AvgIpc) is 3.26. The van der Waals surface area contributed by atoms with E-state index in [1.165, 1.54) is 4.31 Å². The van der Waals surface area contributed by atoms with Gasteiger partial charge in [0.25, 0.3) is 0 Å². The number of benzene rings is 1. The van der Waals surface area contributed by atoms with Crippen LogP contribution in [0.25, 0.3) is 0 Å². The molecule has 3 rings (SSSR count). The zero-order valence-electron chi connectivity index (χ0n) is 18.5. The van der Waals surface area contributed by atoms with Gasteiger partial charge in [-0.2, -0.15) is 4.31 Å². The number of piperidine rings is 1. The quantitative estimate of drug-likeness (QED) is 0.675. The van der Waals surface area contributed by atoms with Crippen LogP contribution in [0, 0.1) is 5.92 Å². The molecule has 1 aromatic carbocycles. The number of hydrogen-bond donors (Lipinski definition) is 1. The number of hydrogen-bond acceptors (Lipinski definition) is 4. The summed E-state index contributed by atoms with van der Waals surface area (Å²) in [7, 11) is -3.51. The van der Waals surface area contributed by atoms with Crippen molar-refractivity contribution >= 4 is 15.9 Å². The van der Waals surface area contributed by atoms with Crippen LogP contribution < -0.4 is 5.32 Å². The van der Waals surface area contributed by atoms with Gasteiger partial charge in [-0.05, 0) is 69.1 Å². The third-order valence-corrected chi connectivity index (χ3v) is 8.26. The van der Waals surface area contributed by atoms with Crippen molar-refractivity contribution in [2.24, 2.45) is 5.92 Å². The molecule has 1 amide bonds. The van der Waals surface area contributed by atoms with E-state index < -0.39 is 10.0 Å². The molecular formula is C23H36N2O4S. The Hall–Kier alpha value is -1.44. The van der Waals surface area contributed by atoms with Gasteiger partial charge in [-0.3, -0.25) is 4.79 Å². The first kappa shape index (κ1) is 23.2. The van der Waals surface area contributed by atoms with Crippen LogP contribution >= 0.6 is 0 Å². The van der Waals surface area contributed by atoms with E-state index in [9.17, 15) is 13.2 Å². The Morgan fingerprint density at radius 1 is 1.13 bits per heavy atom. The lowest BCUT2D eigenvalue weighted by Gasteiger charge is -2.31. The van der Waals surface area contributed by atoms with Gasteiger partial charge < -0.3 is 10.1 Å². The molecule has 2 saturated heterocycles. The lowest BCUT2D eigenvalue weighted by atomic mass is 9.96. The van der Waals surface area contributed by atoms with Gasteiger partial charge in [0, 0.05) is 31.7 Å². The van der Waals surface area contributed by atoms with E-state index in [4.69, 9.17) is 4.74 Å². The number of rotatable bonds is 8. The Kier molecular flexibility index (Phi) is 7.93. The highest BCUT2D eigenvalue weighted by molar-refractivity contribution is 7.89. The summed E-state index contributed by atoms with van der Waals surface area (Å²) in [6.45, 7) is 7.83. The monoisotopic (exact) mass is 436 g/mol. The van der Waals surface area contributed by atoms with E-state index in [0.717, 1.165) is 37.9 Å². The topological polar surface area (TPSA) is 75.7 Å². The maximum atomic E-state index is 12.9. The molecule has 2 aliphatic rings. The van der Waals surface area contributed by atoms with Gasteiger partial charge in [0.05, 0.1) is 11.0 Å². The lowest BCUT2D eigenvalue weighted by molar-refractivity contribution is -0.126. The standard InChI is InChI=1S/C23H36N2O4S/c1-17(2)19-7-10-22(11-8-19)30(27,28)25-14-12-20(13-15-25)23(26)24-18(3)6-9-21-5-4-16-29-21/h7-8,10-11,17-18,20-21H,4-6,9,12-16H2,1-3H3,(H,24,26). The van der Waals surface area contributed by atoms with E-state index in [-0.39, 0.29) is 17.9 Å². The summed E-state index contributed by atoms with van der Waals surface area (Å²) in [5.74, 6) is 0.294. The molecule has 2 aliphatic heterocycles. The molecule has 0 spiro atoms. The van der Waals surface area contributed by atoms with E-state index in [1.54, 1.807) is 12.1 Å². The van der Waals surface area contributed by atoms with Crippen molar-refractivity contribution < 1.29 is 17.9 Å². The molecule has 0 radical (unpaired) electrons. The van der Waals surface area contributed by atoms with Crippen LogP contribution in [0.15, 0.2) is 29.2 Å². The van der Waals surface area contributed by atoms with Crippen molar-refractivity contribution in [3.8, 4) is 0 Å². The maximum Gasteiger partial charge on any atom is 0.243 e. The molecule has 30 heavy (non-hydrogen) atoms. The number of carbonyl (C=O) groups excluding carboxylic acids is 1. The Balaban J connectivity index is 1.47. The molecule has 6 nitrogen and oxygen atoms in total. The molecule has 0 saturated carbocycles. The van der Waals surface area contributed by atoms with Gasteiger partial charge in [-0.25, -0.2) is 8.42 Å². The predicted octanol–water partition coefficient (Wildman–Crippen LogP) is 3.67. The summed E-state index contributed by atoms with van der Waals surface area (Å²) in [6, 6.07) is 7.27. The number of nitrogens with one attached hydrogen (secondary N) is 1. The summed E-state index contributed by atoms with van der Waals surface area (Å²) in [5, 5.41) is 3.11. The molecule has 2 atom stereocenters. The molecule has 0 bridgehead atoms. The minimum Gasteiger partial charge on any atom is -0.378 e. The van der Waals surface area contributed by atoms with Gasteiger partial charge in [0.2, 0.25) is 15.9 Å². The van der Waals surface area contributed by atoms with Crippen LogP contribution in [0.3, 0.4) is 0 Å². The summed E-state index contributed by atoms with van der Waals surface area (Å²) < 4.78 is 33.1. The molecular weight excluding hydrogens is 400 g/mol. The molecule has 7 heteroatoms. The highest BCUT2D eigenvalue weighted by Gasteiger charge is 2.32. The first-order chi connectivity index (χ1) is 14.3. The fraction of sp³-hybridized carbons (Fsp3) is 0.696. The predicted molar refractivity (Wildman–Crippen MR) is 118 cm³/mol. The van der Waals surface area contributed by atoms with Gasteiger partial charge in [0.1, 0.15) is 0 Å². The average molecular weight is 437 g/mol. The van der Waals surface area contributed by atoms with Crippen molar-refractivity contribution in [1.82, 2.24) is 9.62 Å². The molecule has 0 aliphatic carbocycles. The summed E-state index contributed by atoms with van der Waals surface area (Å²) >= 11 is 0. The zero-order chi connectivity index (χ0) is 21.7. The summed E-state index contributed by atoms with van der Waals surface area (Å²) in [6.07, 6.45) is 5.61. The molecule has 168 valence electrons. The van der Waals surface area contributed by atoms with Crippen LogP contribution in [-0.4, -0.2) is 50.5 Å². The second-order valence-electron chi connectivity index (χ2n) is 9.02. The van der Waals surface area contributed by atoms with E-state index in [2.05, 4.69) is 19.2 Å². The van der Waals surface area contributed by atoms with Gasteiger partial charge in [0.15, 0.2) is 0 Å². The summed E-state index contributed by atoms with van der Waals surface area (Å²) in [5.41, 5.74) is 1.12. The van der Waals surface area contributed by atoms with Crippen molar-refractivity contribution in [2.75, 3.05) is 19.7 Å². The largest absolute Gasteiger partial charge is 0.378 e. The summed E-state index contributed by atoms with van der Waals surface area (Å²) in [4.78, 5) is 13.0. The third kappa shape index (κ3) is 5.83. The van der Waals surface area contributed by atoms with Crippen molar-refractivity contribution in [3.63, 3.8) is 0 Å². The molecule has 0 aromatic heterocycles. The van der Waals surface area contributed by atoms with E-state index in [1.807, 2.05) is 19.1 Å². The van der Waals surface area contributed by atoms with Gasteiger partial charge in [-0.15, -0.1) is 0 Å². The second kappa shape index (κ2) is 10.2. The van der Waals surface area contributed by atoms with Gasteiger partial charge >= 0.3 is 0 Å².